The van der Waals surface area contributed by atoms with Crippen molar-refractivity contribution in [1.29, 1.82) is 0 Å². The molecule has 3 amide bonds. The van der Waals surface area contributed by atoms with Gasteiger partial charge in [-0.2, -0.15) is 12.6 Å². The molecule has 1 heterocycles. The number of nitrogens with one attached hydrogen (secondary N) is 2. The van der Waals surface area contributed by atoms with Crippen molar-refractivity contribution in [3.05, 3.63) is 71.8 Å². The van der Waals surface area contributed by atoms with Crippen molar-refractivity contribution in [3.8, 4) is 0 Å². The zero-order chi connectivity index (χ0) is 25.2. The molecule has 0 spiro atoms. The third-order valence-electron chi connectivity index (χ3n) is 5.72. The summed E-state index contributed by atoms with van der Waals surface area (Å²) >= 11 is 3.97. The van der Waals surface area contributed by atoms with Gasteiger partial charge >= 0.3 is 12.1 Å². The molecule has 0 aromatic heterocycles. The molecule has 2 aromatic carbocycles. The monoisotopic (exact) mass is 499 g/mol. The summed E-state index contributed by atoms with van der Waals surface area (Å²) in [6, 6.07) is 15.4. The molecular formula is C25H29N3O6S. The standard InChI is InChI=1S/C25H29N3O6S/c29-22(26-20(16-35)24(31)32)21-12-7-13-28(21)23(30)19(14-17-8-3-1-4-9-17)27-25(33)34-15-18-10-5-2-6-11-18/h1-6,8-11,19-21,35H,7,12-16H2,(H,26,29)(H,27,33)(H,31,32)/t19-,20-,21-/m0/s1. The summed E-state index contributed by atoms with van der Waals surface area (Å²) in [6.45, 7) is 0.371. The number of aliphatic carboxylic acids is 1. The molecule has 0 radical (unpaired) electrons. The number of carboxylic acids is 1. The van der Waals surface area contributed by atoms with Gasteiger partial charge in [-0.05, 0) is 24.0 Å². The van der Waals surface area contributed by atoms with E-state index < -0.39 is 42.0 Å². The minimum Gasteiger partial charge on any atom is -0.480 e. The van der Waals surface area contributed by atoms with E-state index in [1.807, 2.05) is 60.7 Å². The van der Waals surface area contributed by atoms with Gasteiger partial charge in [0.15, 0.2) is 0 Å². The third-order valence-corrected chi connectivity index (χ3v) is 6.09. The molecule has 3 rings (SSSR count). The minimum atomic E-state index is -1.20. The molecule has 0 aliphatic carbocycles. The number of benzene rings is 2. The molecule has 1 fully saturated rings. The lowest BCUT2D eigenvalue weighted by atomic mass is 10.0. The van der Waals surface area contributed by atoms with E-state index in [1.54, 1.807) is 0 Å². The van der Waals surface area contributed by atoms with E-state index in [4.69, 9.17) is 4.74 Å². The highest BCUT2D eigenvalue weighted by Crippen LogP contribution is 2.20. The summed E-state index contributed by atoms with van der Waals surface area (Å²) in [6.07, 6.45) is 0.440. The maximum Gasteiger partial charge on any atom is 0.408 e. The Morgan fingerprint density at radius 2 is 1.60 bits per heavy atom. The van der Waals surface area contributed by atoms with Gasteiger partial charge in [-0.15, -0.1) is 0 Å². The molecule has 0 unspecified atom stereocenters. The number of carboxylic acid groups (broad SMARTS) is 1. The Bertz CT molecular complexity index is 1020. The Kier molecular flexibility index (Phi) is 9.54. The van der Waals surface area contributed by atoms with Crippen LogP contribution >= 0.6 is 12.6 Å². The zero-order valence-corrected chi connectivity index (χ0v) is 20.0. The van der Waals surface area contributed by atoms with Gasteiger partial charge in [0.25, 0.3) is 0 Å². The highest BCUT2D eigenvalue weighted by Gasteiger charge is 2.38. The quantitative estimate of drug-likeness (QED) is 0.371. The van der Waals surface area contributed by atoms with E-state index in [0.29, 0.717) is 19.4 Å². The lowest BCUT2D eigenvalue weighted by molar-refractivity contribution is -0.143. The maximum absolute atomic E-state index is 13.5. The second-order valence-electron chi connectivity index (χ2n) is 8.22. The molecule has 10 heteroatoms. The minimum absolute atomic E-state index is 0.0496. The summed E-state index contributed by atoms with van der Waals surface area (Å²) in [5, 5.41) is 14.3. The van der Waals surface area contributed by atoms with Crippen LogP contribution in [0.1, 0.15) is 24.0 Å². The second kappa shape index (κ2) is 12.8. The molecule has 0 saturated carbocycles. The van der Waals surface area contributed by atoms with Crippen molar-refractivity contribution in [2.24, 2.45) is 0 Å². The molecule has 1 aliphatic rings. The fourth-order valence-electron chi connectivity index (χ4n) is 3.91. The Labute approximate surface area is 209 Å². The summed E-state index contributed by atoms with van der Waals surface area (Å²) < 4.78 is 5.30. The number of nitrogens with zero attached hydrogens (tertiary/aromatic N) is 1. The first-order valence-electron chi connectivity index (χ1n) is 11.3. The SMILES string of the molecule is O=C(N[C@@H](Cc1ccccc1)C(=O)N1CCC[C@H]1C(=O)N[C@@H](CS)C(=O)O)OCc1ccccc1. The number of amides is 3. The van der Waals surface area contributed by atoms with Crippen molar-refractivity contribution in [3.63, 3.8) is 0 Å². The van der Waals surface area contributed by atoms with E-state index in [0.717, 1.165) is 11.1 Å². The number of likely N-dealkylation sites (tertiary alicyclic amines) is 1. The number of ether oxygens (including phenoxy) is 1. The predicted molar refractivity (Wildman–Crippen MR) is 132 cm³/mol. The molecule has 3 atom stereocenters. The first-order valence-corrected chi connectivity index (χ1v) is 12.0. The van der Waals surface area contributed by atoms with Gasteiger partial charge in [0.2, 0.25) is 11.8 Å². The fourth-order valence-corrected chi connectivity index (χ4v) is 4.16. The van der Waals surface area contributed by atoms with E-state index in [-0.39, 0.29) is 18.8 Å². The first kappa shape index (κ1) is 26.1. The van der Waals surface area contributed by atoms with Gasteiger partial charge in [0.1, 0.15) is 24.7 Å². The van der Waals surface area contributed by atoms with E-state index in [1.165, 1.54) is 4.90 Å². The Hall–Kier alpha value is -3.53. The average Bonchev–Trinajstić information content (AvgIpc) is 3.36. The summed E-state index contributed by atoms with van der Waals surface area (Å²) in [7, 11) is 0. The molecule has 186 valence electrons. The number of hydrogen-bond acceptors (Lipinski definition) is 6. The Balaban J connectivity index is 1.71. The molecule has 35 heavy (non-hydrogen) atoms. The van der Waals surface area contributed by atoms with Crippen molar-refractivity contribution in [1.82, 2.24) is 15.5 Å². The van der Waals surface area contributed by atoms with Crippen LogP contribution in [0.25, 0.3) is 0 Å². The fraction of sp³-hybridized carbons (Fsp3) is 0.360. The lowest BCUT2D eigenvalue weighted by Crippen LogP contribution is -2.56. The van der Waals surface area contributed by atoms with Gasteiger partial charge in [-0.25, -0.2) is 9.59 Å². The molecular weight excluding hydrogens is 470 g/mol. The largest absolute Gasteiger partial charge is 0.480 e. The molecule has 3 N–H and O–H groups in total. The molecule has 1 saturated heterocycles. The topological polar surface area (TPSA) is 125 Å². The summed E-state index contributed by atoms with van der Waals surface area (Å²) in [4.78, 5) is 51.5. The van der Waals surface area contributed by atoms with Crippen LogP contribution in [0, 0.1) is 0 Å². The number of carbonyl (C=O) groups is 4. The van der Waals surface area contributed by atoms with Gasteiger partial charge in [-0.1, -0.05) is 60.7 Å². The van der Waals surface area contributed by atoms with Crippen molar-refractivity contribution >= 4 is 36.5 Å². The van der Waals surface area contributed by atoms with Gasteiger partial charge < -0.3 is 25.4 Å². The van der Waals surface area contributed by atoms with Gasteiger partial charge in [0.05, 0.1) is 0 Å². The third kappa shape index (κ3) is 7.48. The predicted octanol–water partition coefficient (Wildman–Crippen LogP) is 2.01. The Morgan fingerprint density at radius 3 is 2.20 bits per heavy atom. The van der Waals surface area contributed by atoms with Crippen molar-refractivity contribution in [2.45, 2.75) is 44.0 Å². The van der Waals surface area contributed by atoms with Crippen molar-refractivity contribution in [2.75, 3.05) is 12.3 Å². The number of alkyl carbamates (subject to hydrolysis) is 1. The average molecular weight is 500 g/mol. The van der Waals surface area contributed by atoms with Crippen LogP contribution in [-0.2, 0) is 32.1 Å². The molecule has 2 aromatic rings. The van der Waals surface area contributed by atoms with Crippen LogP contribution in [0.5, 0.6) is 0 Å². The highest BCUT2D eigenvalue weighted by molar-refractivity contribution is 7.80. The van der Waals surface area contributed by atoms with E-state index in [9.17, 15) is 24.3 Å². The second-order valence-corrected chi connectivity index (χ2v) is 8.59. The maximum atomic E-state index is 13.5. The van der Waals surface area contributed by atoms with Gasteiger partial charge in [-0.3, -0.25) is 9.59 Å². The smallest absolute Gasteiger partial charge is 0.408 e. The molecule has 0 bridgehead atoms. The van der Waals surface area contributed by atoms with Crippen LogP contribution in [0.3, 0.4) is 0 Å². The van der Waals surface area contributed by atoms with Crippen LogP contribution in [0.2, 0.25) is 0 Å². The lowest BCUT2D eigenvalue weighted by Gasteiger charge is -2.29. The van der Waals surface area contributed by atoms with Crippen LogP contribution in [-0.4, -0.2) is 64.3 Å². The Morgan fingerprint density at radius 1 is 0.971 bits per heavy atom. The van der Waals surface area contributed by atoms with Gasteiger partial charge in [0, 0.05) is 18.7 Å². The van der Waals surface area contributed by atoms with Crippen LogP contribution in [0.4, 0.5) is 4.79 Å². The summed E-state index contributed by atoms with van der Waals surface area (Å²) in [5.41, 5.74) is 1.64. The number of thiol groups is 1. The van der Waals surface area contributed by atoms with Crippen LogP contribution < -0.4 is 10.6 Å². The van der Waals surface area contributed by atoms with Crippen molar-refractivity contribution < 1.29 is 29.0 Å². The number of hydrogen-bond donors (Lipinski definition) is 4. The number of rotatable bonds is 10. The molecule has 9 nitrogen and oxygen atoms in total. The summed E-state index contributed by atoms with van der Waals surface area (Å²) in [5.74, 6) is -2.26. The highest BCUT2D eigenvalue weighted by atomic mass is 32.1. The molecule has 1 aliphatic heterocycles. The van der Waals surface area contributed by atoms with E-state index >= 15 is 0 Å². The van der Waals surface area contributed by atoms with Crippen LogP contribution in [0.15, 0.2) is 60.7 Å². The number of carbonyl (C=O) groups excluding carboxylic acids is 3. The normalized spacial score (nSPS) is 16.7. The first-order chi connectivity index (χ1) is 16.9. The van der Waals surface area contributed by atoms with E-state index in [2.05, 4.69) is 23.3 Å². The zero-order valence-electron chi connectivity index (χ0n) is 19.1.